The van der Waals surface area contributed by atoms with Crippen molar-refractivity contribution in [2.45, 2.75) is 36.2 Å². The maximum absolute atomic E-state index is 12.4. The van der Waals surface area contributed by atoms with Gasteiger partial charge in [0.2, 0.25) is 0 Å². The van der Waals surface area contributed by atoms with Gasteiger partial charge in [-0.15, -0.1) is 0 Å². The van der Waals surface area contributed by atoms with Crippen LogP contribution in [-0.2, 0) is 14.6 Å². The number of hydrogen-bond acceptors (Lipinski definition) is 4. The van der Waals surface area contributed by atoms with E-state index in [4.69, 9.17) is 4.74 Å². The molecule has 0 radical (unpaired) electrons. The Balaban J connectivity index is 1.58. The van der Waals surface area contributed by atoms with E-state index in [0.717, 1.165) is 45.6 Å². The van der Waals surface area contributed by atoms with Gasteiger partial charge in [-0.3, -0.25) is 0 Å². The molecule has 2 unspecified atom stereocenters. The average molecular weight is 333 g/mol. The summed E-state index contributed by atoms with van der Waals surface area (Å²) in [6, 6.07) is 8.59. The SMILES string of the molecule is O=S1(=O)C2C=C(c3ccc(N4CCOCC4)cc3)CC1CCC2. The Labute approximate surface area is 138 Å². The number of benzene rings is 1. The standard InChI is InChI=1S/C18H23NO3S/c20-23(21)17-2-1-3-18(23)13-15(12-17)14-4-6-16(7-5-14)19-8-10-22-11-9-19/h4-7,12,17-18H,1-3,8-11,13H2. The molecule has 0 spiro atoms. The van der Waals surface area contributed by atoms with Gasteiger partial charge in [-0.1, -0.05) is 24.6 Å². The van der Waals surface area contributed by atoms with E-state index in [0.29, 0.717) is 6.42 Å². The minimum atomic E-state index is -2.93. The minimum absolute atomic E-state index is 0.167. The van der Waals surface area contributed by atoms with Gasteiger partial charge >= 0.3 is 0 Å². The van der Waals surface area contributed by atoms with Gasteiger partial charge in [-0.2, -0.15) is 0 Å². The van der Waals surface area contributed by atoms with Crippen molar-refractivity contribution in [2.75, 3.05) is 31.2 Å². The highest BCUT2D eigenvalue weighted by Crippen LogP contribution is 2.39. The van der Waals surface area contributed by atoms with Gasteiger partial charge < -0.3 is 9.64 Å². The first-order valence-electron chi connectivity index (χ1n) is 8.51. The number of ether oxygens (including phenoxy) is 1. The van der Waals surface area contributed by atoms with Gasteiger partial charge in [-0.05, 0) is 42.5 Å². The lowest BCUT2D eigenvalue weighted by atomic mass is 9.93. The zero-order valence-electron chi connectivity index (χ0n) is 13.3. The number of anilines is 1. The lowest BCUT2D eigenvalue weighted by Gasteiger charge is -2.33. The van der Waals surface area contributed by atoms with E-state index in [-0.39, 0.29) is 10.5 Å². The third-order valence-corrected chi connectivity index (χ3v) is 7.90. The Bertz CT molecular complexity index is 702. The number of fused-ring (bicyclic) bond motifs is 2. The van der Waals surface area contributed by atoms with Crippen molar-refractivity contribution in [3.63, 3.8) is 0 Å². The fourth-order valence-corrected chi connectivity index (χ4v) is 6.23. The molecular weight excluding hydrogens is 310 g/mol. The van der Waals surface area contributed by atoms with Crippen LogP contribution in [0.5, 0.6) is 0 Å². The third kappa shape index (κ3) is 2.81. The molecule has 0 amide bonds. The van der Waals surface area contributed by atoms with Crippen LogP contribution in [0, 0.1) is 0 Å². The van der Waals surface area contributed by atoms with E-state index in [9.17, 15) is 8.42 Å². The van der Waals surface area contributed by atoms with Crippen molar-refractivity contribution in [1.29, 1.82) is 0 Å². The fourth-order valence-electron chi connectivity index (χ4n) is 3.98. The predicted molar refractivity (Wildman–Crippen MR) is 92.4 cm³/mol. The highest BCUT2D eigenvalue weighted by molar-refractivity contribution is 7.93. The molecule has 0 aromatic heterocycles. The number of nitrogens with zero attached hydrogens (tertiary/aromatic N) is 1. The monoisotopic (exact) mass is 333 g/mol. The minimum Gasteiger partial charge on any atom is -0.378 e. The number of rotatable bonds is 2. The second-order valence-corrected chi connectivity index (χ2v) is 9.17. The van der Waals surface area contributed by atoms with Gasteiger partial charge in [0.1, 0.15) is 0 Å². The first kappa shape index (κ1) is 15.2. The highest BCUT2D eigenvalue weighted by Gasteiger charge is 2.40. The van der Waals surface area contributed by atoms with Crippen molar-refractivity contribution in [1.82, 2.24) is 0 Å². The van der Waals surface area contributed by atoms with Crippen LogP contribution in [0.3, 0.4) is 0 Å². The molecule has 0 aliphatic carbocycles. The summed E-state index contributed by atoms with van der Waals surface area (Å²) in [5.41, 5.74) is 3.61. The van der Waals surface area contributed by atoms with Crippen LogP contribution in [0.2, 0.25) is 0 Å². The van der Waals surface area contributed by atoms with Crippen LogP contribution in [-0.4, -0.2) is 45.2 Å². The summed E-state index contributed by atoms with van der Waals surface area (Å²) in [6.45, 7) is 3.44. The zero-order chi connectivity index (χ0) is 15.9. The van der Waals surface area contributed by atoms with Crippen LogP contribution in [0.15, 0.2) is 30.3 Å². The lowest BCUT2D eigenvalue weighted by molar-refractivity contribution is 0.122. The molecule has 3 aliphatic rings. The maximum atomic E-state index is 12.4. The molecule has 23 heavy (non-hydrogen) atoms. The van der Waals surface area contributed by atoms with Gasteiger partial charge in [0.05, 0.1) is 23.7 Å². The van der Waals surface area contributed by atoms with Gasteiger partial charge in [-0.25, -0.2) is 8.42 Å². The molecule has 124 valence electrons. The summed E-state index contributed by atoms with van der Waals surface area (Å²) >= 11 is 0. The molecule has 5 heteroatoms. The topological polar surface area (TPSA) is 46.6 Å². The van der Waals surface area contributed by atoms with Crippen LogP contribution in [0.1, 0.15) is 31.2 Å². The predicted octanol–water partition coefficient (Wildman–Crippen LogP) is 2.65. The summed E-state index contributed by atoms with van der Waals surface area (Å²) in [5.74, 6) is 0. The number of hydrogen-bond donors (Lipinski definition) is 0. The molecule has 0 N–H and O–H groups in total. The molecule has 2 atom stereocenters. The average Bonchev–Trinajstić information content (AvgIpc) is 2.55. The largest absolute Gasteiger partial charge is 0.378 e. The van der Waals surface area contributed by atoms with E-state index in [1.807, 2.05) is 6.08 Å². The van der Waals surface area contributed by atoms with Crippen molar-refractivity contribution < 1.29 is 13.2 Å². The number of sulfone groups is 1. The molecule has 4 rings (SSSR count). The van der Waals surface area contributed by atoms with E-state index in [2.05, 4.69) is 29.2 Å². The van der Waals surface area contributed by atoms with Gasteiger partial charge in [0.15, 0.2) is 9.84 Å². The Morgan fingerprint density at radius 3 is 2.48 bits per heavy atom. The number of morpholine rings is 1. The third-order valence-electron chi connectivity index (χ3n) is 5.35. The molecule has 2 bridgehead atoms. The Morgan fingerprint density at radius 2 is 1.78 bits per heavy atom. The Morgan fingerprint density at radius 1 is 1.04 bits per heavy atom. The van der Waals surface area contributed by atoms with Gasteiger partial charge in [0.25, 0.3) is 0 Å². The molecule has 3 heterocycles. The second-order valence-electron chi connectivity index (χ2n) is 6.72. The number of allylic oxidation sites excluding steroid dienone is 1. The fraction of sp³-hybridized carbons (Fsp3) is 0.556. The zero-order valence-corrected chi connectivity index (χ0v) is 14.1. The highest BCUT2D eigenvalue weighted by atomic mass is 32.2. The van der Waals surface area contributed by atoms with Crippen LogP contribution < -0.4 is 4.90 Å². The van der Waals surface area contributed by atoms with E-state index < -0.39 is 9.84 Å². The first-order chi connectivity index (χ1) is 11.1. The van der Waals surface area contributed by atoms with Crippen LogP contribution in [0.25, 0.3) is 5.57 Å². The molecular formula is C18H23NO3S. The van der Waals surface area contributed by atoms with Crippen molar-refractivity contribution >= 4 is 21.1 Å². The second kappa shape index (κ2) is 5.95. The smallest absolute Gasteiger partial charge is 0.159 e. The first-order valence-corrected chi connectivity index (χ1v) is 10.1. The van der Waals surface area contributed by atoms with Crippen LogP contribution in [0.4, 0.5) is 5.69 Å². The summed E-state index contributed by atoms with van der Waals surface area (Å²) in [6.07, 6.45) is 5.33. The molecule has 0 saturated carbocycles. The Kier molecular flexibility index (Phi) is 3.93. The van der Waals surface area contributed by atoms with Crippen molar-refractivity contribution in [3.8, 4) is 0 Å². The summed E-state index contributed by atoms with van der Waals surface area (Å²) in [7, 11) is -2.93. The molecule has 1 aromatic rings. The van der Waals surface area contributed by atoms with Crippen LogP contribution >= 0.6 is 0 Å². The molecule has 2 saturated heterocycles. The van der Waals surface area contributed by atoms with E-state index in [1.165, 1.54) is 16.8 Å². The van der Waals surface area contributed by atoms with Gasteiger partial charge in [0, 0.05) is 18.8 Å². The maximum Gasteiger partial charge on any atom is 0.159 e. The summed E-state index contributed by atoms with van der Waals surface area (Å²) in [4.78, 5) is 2.34. The molecule has 2 fully saturated rings. The summed E-state index contributed by atoms with van der Waals surface area (Å²) in [5, 5.41) is -0.427. The Hall–Kier alpha value is -1.33. The van der Waals surface area contributed by atoms with E-state index in [1.54, 1.807) is 0 Å². The lowest BCUT2D eigenvalue weighted by Crippen LogP contribution is -2.38. The van der Waals surface area contributed by atoms with E-state index >= 15 is 0 Å². The quantitative estimate of drug-likeness (QED) is 0.835. The molecule has 4 nitrogen and oxygen atoms in total. The molecule has 1 aromatic carbocycles. The summed E-state index contributed by atoms with van der Waals surface area (Å²) < 4.78 is 30.1. The normalized spacial score (nSPS) is 29.9. The van der Waals surface area contributed by atoms with Crippen molar-refractivity contribution in [2.24, 2.45) is 0 Å². The molecule has 3 aliphatic heterocycles. The van der Waals surface area contributed by atoms with Crippen molar-refractivity contribution in [3.05, 3.63) is 35.9 Å².